The van der Waals surface area contributed by atoms with Crippen molar-refractivity contribution in [3.8, 4) is 0 Å². The van der Waals surface area contributed by atoms with Gasteiger partial charge in [-0.2, -0.15) is 0 Å². The number of hydrogen-bond donors (Lipinski definition) is 25. The molecule has 0 saturated carbocycles. The summed E-state index contributed by atoms with van der Waals surface area (Å²) in [6, 6.07) is -4.34. The number of aliphatic carboxylic acids is 2. The third-order valence-electron chi connectivity index (χ3n) is 17.3. The molecule has 7 rings (SSSR count). The molecular formula is C69H93N23O18. The van der Waals surface area contributed by atoms with Gasteiger partial charge in [0.2, 0.25) is 65.0 Å². The summed E-state index contributed by atoms with van der Waals surface area (Å²) < 4.78 is 0. The fourth-order valence-corrected chi connectivity index (χ4v) is 11.6. The van der Waals surface area contributed by atoms with Gasteiger partial charge in [0, 0.05) is 91.4 Å². The molecule has 5 aromatic heterocycles. The highest BCUT2D eigenvalue weighted by Gasteiger charge is 2.39. The Morgan fingerprint density at radius 2 is 0.882 bits per heavy atom. The monoisotopic (exact) mass is 1530 g/mol. The van der Waals surface area contributed by atoms with E-state index in [1.54, 1.807) is 74.8 Å². The number of hydrogen-bond acceptors (Lipinski definition) is 21. The third-order valence-corrected chi connectivity index (χ3v) is 17.3. The van der Waals surface area contributed by atoms with Crippen LogP contribution in [0.25, 0.3) is 21.8 Å². The van der Waals surface area contributed by atoms with Crippen molar-refractivity contribution in [2.75, 3.05) is 19.7 Å². The fraction of sp³-hybridized carbons (Fsp3) is 0.435. The fourth-order valence-electron chi connectivity index (χ4n) is 11.6. The lowest BCUT2D eigenvalue weighted by molar-refractivity contribution is -0.143. The second-order valence-corrected chi connectivity index (χ2v) is 26.5. The molecule has 41 nitrogen and oxygen atoms in total. The van der Waals surface area contributed by atoms with Crippen LogP contribution in [0.1, 0.15) is 81.6 Å². The maximum Gasteiger partial charge on any atom is 0.328 e. The summed E-state index contributed by atoms with van der Waals surface area (Å²) in [6.07, 6.45) is 5.29. The predicted octanol–water partition coefficient (Wildman–Crippen LogP) is -5.75. The molecule has 0 fully saturated rings. The lowest BCUT2D eigenvalue weighted by atomic mass is 10.0. The average molecular weight is 1530 g/mol. The lowest BCUT2D eigenvalue weighted by Gasteiger charge is -2.28. The number of carbonyl (C=O) groups excluding carboxylic acids is 11. The maximum atomic E-state index is 14.9. The molecule has 0 aliphatic carbocycles. The number of H-pyrrole nitrogens is 5. The minimum atomic E-state index is -1.98. The van der Waals surface area contributed by atoms with Gasteiger partial charge in [0.1, 0.15) is 60.4 Å². The van der Waals surface area contributed by atoms with Gasteiger partial charge in [-0.1, -0.05) is 50.2 Å². The summed E-state index contributed by atoms with van der Waals surface area (Å²) in [6.45, 7) is 3.78. The van der Waals surface area contributed by atoms with Crippen LogP contribution < -0.4 is 75.3 Å². The van der Waals surface area contributed by atoms with E-state index < -0.39 is 181 Å². The van der Waals surface area contributed by atoms with Crippen LogP contribution in [0.15, 0.2) is 98.5 Å². The number of amides is 11. The molecule has 0 radical (unpaired) electrons. The van der Waals surface area contributed by atoms with Crippen molar-refractivity contribution in [3.63, 3.8) is 0 Å². The van der Waals surface area contributed by atoms with Crippen molar-refractivity contribution in [2.45, 2.75) is 164 Å². The Labute approximate surface area is 627 Å². The highest BCUT2D eigenvalue weighted by atomic mass is 16.4. The Kier molecular flexibility index (Phi) is 31.5. The Morgan fingerprint density at radius 3 is 1.32 bits per heavy atom. The zero-order valence-corrected chi connectivity index (χ0v) is 60.3. The van der Waals surface area contributed by atoms with Crippen LogP contribution in [-0.2, 0) is 94.4 Å². The van der Waals surface area contributed by atoms with Crippen LogP contribution >= 0.6 is 0 Å². The molecule has 0 spiro atoms. The van der Waals surface area contributed by atoms with Crippen molar-refractivity contribution in [3.05, 3.63) is 127 Å². The first-order chi connectivity index (χ1) is 52.4. The molecule has 5 heterocycles. The molecule has 27 N–H and O–H groups in total. The van der Waals surface area contributed by atoms with Gasteiger partial charge in [-0.25, -0.2) is 19.7 Å². The van der Waals surface area contributed by atoms with Crippen LogP contribution in [-0.4, -0.2) is 247 Å². The molecule has 0 aliphatic rings. The number of aromatic nitrogens is 8. The molecule has 110 heavy (non-hydrogen) atoms. The maximum absolute atomic E-state index is 14.9. The number of para-hydroxylation sites is 2. The van der Waals surface area contributed by atoms with E-state index in [9.17, 15) is 87.9 Å². The number of imidazole rings is 3. The van der Waals surface area contributed by atoms with Gasteiger partial charge in [-0.3, -0.25) is 62.9 Å². The van der Waals surface area contributed by atoms with E-state index in [2.05, 4.69) is 104 Å². The Bertz CT molecular complexity index is 4310. The van der Waals surface area contributed by atoms with E-state index in [4.69, 9.17) is 16.9 Å². The Balaban J connectivity index is 1.08. The second kappa shape index (κ2) is 40.9. The number of rotatable bonds is 44. The number of nitrogens with one attached hydrogen (secondary N) is 18. The van der Waals surface area contributed by atoms with E-state index in [1.807, 2.05) is 0 Å². The Hall–Kier alpha value is -12.6. The minimum absolute atomic E-state index is 0.0177. The number of nitrogens with two attached hydrogens (primary N) is 2. The van der Waals surface area contributed by atoms with Gasteiger partial charge in [0.05, 0.1) is 73.9 Å². The van der Waals surface area contributed by atoms with Crippen molar-refractivity contribution < 1.29 is 87.9 Å². The number of carbonyl (C=O) groups is 13. The number of aromatic amines is 5. The number of aliphatic hydroxyl groups excluding tert-OH is 3. The molecule has 11 amide bonds. The highest BCUT2D eigenvalue weighted by molar-refractivity contribution is 6.00. The van der Waals surface area contributed by atoms with Gasteiger partial charge in [0.15, 0.2) is 5.96 Å². The van der Waals surface area contributed by atoms with Crippen molar-refractivity contribution in [1.29, 1.82) is 5.41 Å². The number of benzene rings is 2. The van der Waals surface area contributed by atoms with E-state index >= 15 is 0 Å². The smallest absolute Gasteiger partial charge is 0.328 e. The molecule has 13 atom stereocenters. The molecule has 41 heteroatoms. The summed E-state index contributed by atoms with van der Waals surface area (Å²) in [5.41, 5.74) is 14.6. The van der Waals surface area contributed by atoms with Gasteiger partial charge < -0.3 is 126 Å². The van der Waals surface area contributed by atoms with Crippen LogP contribution in [0.3, 0.4) is 0 Å². The largest absolute Gasteiger partial charge is 0.481 e. The standard InChI is InChI=1S/C69H93N23O18/c1-33(2)16-47(84-60(101)46(14-9-15-76-69(71)72)83-61(102)48(17-36-23-77-44-12-7-5-10-41(36)44)85-65(106)52(22-55(97)98)89-67(108)57(35(4)95)92-58(99)43(70)19-38-25-73-30-80-38)59(100)79-28-54(96)91-56(34(3)94)66(107)88-49(18-37-24-78-45-13-8-6-11-42(37)45)62(103)86-50(20-39-26-74-31-81-39)63(104)87-51(21-40-27-75-32-82-40)64(105)90-53(29-93)68(109)110/h5-8,10-13,23-27,30-35,43,46-53,56-57,77-78,93-95H,9,14-22,28-29,70H2,1-4H3,(H,73,80)(H,74,81)(H,75,82)(H,79,100)(H,83,102)(H,84,101)(H,85,106)(H,86,103)(H,87,104)(H,88,107)(H,89,108)(H,90,105)(H,91,96)(H,92,99)(H,97,98)(H,109,110)(H4,71,72,76)/t34-,35-,43+,46+,47+,48+,49+,50+,51+,52+,53+,56+,57+/m1/s1. The molecule has 0 unspecified atom stereocenters. The summed E-state index contributed by atoms with van der Waals surface area (Å²) in [5, 5.41) is 89.5. The van der Waals surface area contributed by atoms with Crippen molar-refractivity contribution in [1.82, 2.24) is 104 Å². The lowest BCUT2D eigenvalue weighted by Crippen LogP contribution is -2.61. The molecule has 2 aromatic carbocycles. The topological polar surface area (TPSA) is 661 Å². The quantitative estimate of drug-likeness (QED) is 0.00961. The summed E-state index contributed by atoms with van der Waals surface area (Å²) in [4.78, 5) is 207. The number of aliphatic hydroxyl groups is 3. The predicted molar refractivity (Wildman–Crippen MR) is 390 cm³/mol. The van der Waals surface area contributed by atoms with Gasteiger partial charge in [0.25, 0.3) is 0 Å². The van der Waals surface area contributed by atoms with Crippen molar-refractivity contribution in [2.24, 2.45) is 17.4 Å². The summed E-state index contributed by atoms with van der Waals surface area (Å²) in [5.74, 6) is -15.6. The Morgan fingerprint density at radius 1 is 0.473 bits per heavy atom. The molecular weight excluding hydrogens is 1440 g/mol. The van der Waals surface area contributed by atoms with E-state index in [0.717, 1.165) is 13.8 Å². The molecule has 7 aromatic rings. The molecule has 0 bridgehead atoms. The van der Waals surface area contributed by atoms with E-state index in [0.29, 0.717) is 38.6 Å². The zero-order valence-electron chi connectivity index (χ0n) is 60.3. The van der Waals surface area contributed by atoms with E-state index in [1.165, 1.54) is 37.6 Å². The van der Waals surface area contributed by atoms with Gasteiger partial charge in [-0.05, 0) is 62.3 Å². The van der Waals surface area contributed by atoms with Crippen LogP contribution in [0, 0.1) is 11.3 Å². The van der Waals surface area contributed by atoms with E-state index in [-0.39, 0.29) is 75.2 Å². The number of carboxylic acids is 2. The molecule has 0 saturated heterocycles. The number of nitrogens with zero attached hydrogens (tertiary/aromatic N) is 3. The first-order valence-electron chi connectivity index (χ1n) is 35.0. The number of guanidine groups is 1. The number of carboxylic acid groups (broad SMARTS) is 2. The molecule has 0 aliphatic heterocycles. The first kappa shape index (κ1) is 84.6. The second-order valence-electron chi connectivity index (χ2n) is 26.5. The first-order valence-corrected chi connectivity index (χ1v) is 35.0. The van der Waals surface area contributed by atoms with Gasteiger partial charge in [-0.15, -0.1) is 0 Å². The van der Waals surface area contributed by atoms with Crippen LogP contribution in [0.4, 0.5) is 0 Å². The SMILES string of the molecule is CC(C)C[C@H](NC(=O)[C@H](CCCNC(=N)N)NC(=O)[C@H](Cc1c[nH]c2ccccc12)NC(=O)[C@H](CC(=O)O)NC(=O)[C@@H](NC(=O)[C@@H](N)Cc1c[nH]cn1)[C@@H](C)O)C(=O)NCC(=O)N[C@H](C(=O)N[C@@H](Cc1c[nH]c2ccccc12)C(=O)N[C@@H](Cc1c[nH]cn1)C(=O)N[C@@H](Cc1c[nH]cn1)C(=O)N[C@@H](CO)C(=O)O)[C@@H](C)O. The van der Waals surface area contributed by atoms with Crippen molar-refractivity contribution >= 4 is 105 Å². The van der Waals surface area contributed by atoms with Crippen LogP contribution in [0.5, 0.6) is 0 Å². The highest BCUT2D eigenvalue weighted by Crippen LogP contribution is 2.22. The molecule has 592 valence electrons. The van der Waals surface area contributed by atoms with Crippen LogP contribution in [0.2, 0.25) is 0 Å². The minimum Gasteiger partial charge on any atom is -0.481 e. The summed E-state index contributed by atoms with van der Waals surface area (Å²) in [7, 11) is 0. The third kappa shape index (κ3) is 25.5. The zero-order chi connectivity index (χ0) is 80.3. The number of fused-ring (bicyclic) bond motifs is 2. The summed E-state index contributed by atoms with van der Waals surface area (Å²) >= 11 is 0. The average Bonchev–Trinajstić information content (AvgIpc) is 1.61. The van der Waals surface area contributed by atoms with Gasteiger partial charge >= 0.3 is 11.9 Å². The normalized spacial score (nSPS) is 14.8.